The van der Waals surface area contributed by atoms with E-state index in [-0.39, 0.29) is 11.9 Å². The Morgan fingerprint density at radius 3 is 2.59 bits per heavy atom. The molecule has 1 atom stereocenters. The van der Waals surface area contributed by atoms with Crippen LogP contribution in [0, 0.1) is 0 Å². The Kier molecular flexibility index (Phi) is 5.83. The highest BCUT2D eigenvalue weighted by molar-refractivity contribution is 5.98. The summed E-state index contributed by atoms with van der Waals surface area (Å²) in [7, 11) is 4.00. The van der Waals surface area contributed by atoms with Crippen molar-refractivity contribution in [3.63, 3.8) is 0 Å². The molecule has 0 saturated heterocycles. The molecule has 4 nitrogen and oxygen atoms in total. The summed E-state index contributed by atoms with van der Waals surface area (Å²) in [5.41, 5.74) is 3.20. The molecule has 0 radical (unpaired) electrons. The summed E-state index contributed by atoms with van der Waals surface area (Å²) in [4.78, 5) is 14.8. The molecule has 1 unspecified atom stereocenters. The Hall–Kier alpha value is -1.55. The normalized spacial score (nSPS) is 17.5. The van der Waals surface area contributed by atoms with Gasteiger partial charge in [-0.25, -0.2) is 0 Å². The van der Waals surface area contributed by atoms with Gasteiger partial charge in [0.15, 0.2) is 0 Å². The van der Waals surface area contributed by atoms with Gasteiger partial charge in [-0.2, -0.15) is 0 Å². The van der Waals surface area contributed by atoms with Crippen molar-refractivity contribution in [3.8, 4) is 0 Å². The van der Waals surface area contributed by atoms with E-state index in [2.05, 4.69) is 48.6 Å². The van der Waals surface area contributed by atoms with Crippen LogP contribution in [0.5, 0.6) is 0 Å². The highest BCUT2D eigenvalue weighted by Crippen LogP contribution is 2.29. The quantitative estimate of drug-likeness (QED) is 0.810. The summed E-state index contributed by atoms with van der Waals surface area (Å²) in [6, 6.07) is 6.64. The van der Waals surface area contributed by atoms with Gasteiger partial charge in [0.2, 0.25) is 5.91 Å². The first-order chi connectivity index (χ1) is 10.6. The average molecular weight is 303 g/mol. The van der Waals surface area contributed by atoms with E-state index in [1.807, 2.05) is 13.1 Å². The molecule has 0 aliphatic carbocycles. The number of hydrogen-bond acceptors (Lipinski definition) is 3. The topological polar surface area (TPSA) is 44.4 Å². The number of likely N-dealkylation sites (N-methyl/N-ethyl adjacent to an activating group) is 1. The SMILES string of the molecule is CCCC(CCC)N(C)C1Cc2ccc(NC)cc2NC1=O. The van der Waals surface area contributed by atoms with E-state index >= 15 is 0 Å². The molecule has 1 heterocycles. The van der Waals surface area contributed by atoms with Crippen LogP contribution in [0.25, 0.3) is 0 Å². The van der Waals surface area contributed by atoms with E-state index in [0.29, 0.717) is 6.04 Å². The van der Waals surface area contributed by atoms with Gasteiger partial charge in [-0.05, 0) is 44.0 Å². The van der Waals surface area contributed by atoms with Gasteiger partial charge in [-0.1, -0.05) is 32.8 Å². The second-order valence-corrected chi connectivity index (χ2v) is 6.23. The van der Waals surface area contributed by atoms with Crippen LogP contribution in [0.3, 0.4) is 0 Å². The zero-order valence-corrected chi connectivity index (χ0v) is 14.3. The molecule has 0 spiro atoms. The van der Waals surface area contributed by atoms with Crippen LogP contribution in [0.1, 0.15) is 45.1 Å². The van der Waals surface area contributed by atoms with Crippen LogP contribution < -0.4 is 10.6 Å². The summed E-state index contributed by atoms with van der Waals surface area (Å²) in [5, 5.41) is 6.20. The predicted octanol–water partition coefficient (Wildman–Crippen LogP) is 3.49. The number of nitrogens with zero attached hydrogens (tertiary/aromatic N) is 1. The highest BCUT2D eigenvalue weighted by Gasteiger charge is 2.32. The first kappa shape index (κ1) is 16.8. The molecule has 1 aliphatic rings. The Bertz CT molecular complexity index is 509. The van der Waals surface area contributed by atoms with E-state index in [1.54, 1.807) is 0 Å². The molecule has 1 aromatic carbocycles. The summed E-state index contributed by atoms with van der Waals surface area (Å²) in [6.45, 7) is 4.43. The van der Waals surface area contributed by atoms with Crippen LogP contribution in [0.2, 0.25) is 0 Å². The van der Waals surface area contributed by atoms with Crippen molar-refractivity contribution in [3.05, 3.63) is 23.8 Å². The number of nitrogens with one attached hydrogen (secondary N) is 2. The molecule has 0 fully saturated rings. The fourth-order valence-corrected chi connectivity index (χ4v) is 3.34. The summed E-state index contributed by atoms with van der Waals surface area (Å²) in [5.74, 6) is 0.125. The fourth-order valence-electron chi connectivity index (χ4n) is 3.34. The highest BCUT2D eigenvalue weighted by atomic mass is 16.2. The average Bonchev–Trinajstić information content (AvgIpc) is 2.52. The van der Waals surface area contributed by atoms with Gasteiger partial charge in [-0.3, -0.25) is 9.69 Å². The molecular formula is C18H29N3O. The number of carbonyl (C=O) groups excluding carboxylic acids is 1. The maximum Gasteiger partial charge on any atom is 0.242 e. The van der Waals surface area contributed by atoms with Crippen LogP contribution in [-0.2, 0) is 11.2 Å². The Morgan fingerprint density at radius 1 is 1.32 bits per heavy atom. The number of anilines is 2. The predicted molar refractivity (Wildman–Crippen MR) is 93.5 cm³/mol. The molecule has 1 aliphatic heterocycles. The van der Waals surface area contributed by atoms with Gasteiger partial charge in [0.1, 0.15) is 0 Å². The van der Waals surface area contributed by atoms with Crippen LogP contribution in [0.15, 0.2) is 18.2 Å². The lowest BCUT2D eigenvalue weighted by Gasteiger charge is -2.37. The third-order valence-electron chi connectivity index (χ3n) is 4.68. The minimum absolute atomic E-state index is 0.0592. The number of hydrogen-bond donors (Lipinski definition) is 2. The van der Waals surface area contributed by atoms with Gasteiger partial charge in [-0.15, -0.1) is 0 Å². The summed E-state index contributed by atoms with van der Waals surface area (Å²) < 4.78 is 0. The van der Waals surface area contributed by atoms with E-state index in [1.165, 1.54) is 5.56 Å². The zero-order valence-electron chi connectivity index (χ0n) is 14.3. The molecule has 0 bridgehead atoms. The van der Waals surface area contributed by atoms with Gasteiger partial charge in [0.05, 0.1) is 6.04 Å². The molecule has 1 amide bonds. The van der Waals surface area contributed by atoms with Crippen molar-refractivity contribution >= 4 is 17.3 Å². The van der Waals surface area contributed by atoms with Gasteiger partial charge < -0.3 is 10.6 Å². The van der Waals surface area contributed by atoms with Crippen molar-refractivity contribution < 1.29 is 4.79 Å². The largest absolute Gasteiger partial charge is 0.388 e. The van der Waals surface area contributed by atoms with Crippen LogP contribution in [-0.4, -0.2) is 37.0 Å². The third kappa shape index (κ3) is 3.61. The summed E-state index contributed by atoms with van der Waals surface area (Å²) in [6.07, 6.45) is 5.42. The fraction of sp³-hybridized carbons (Fsp3) is 0.611. The lowest BCUT2D eigenvalue weighted by molar-refractivity contribution is -0.122. The van der Waals surface area contributed by atoms with Gasteiger partial charge >= 0.3 is 0 Å². The Balaban J connectivity index is 2.16. The first-order valence-electron chi connectivity index (χ1n) is 8.44. The van der Waals surface area contributed by atoms with Crippen molar-refractivity contribution in [1.29, 1.82) is 0 Å². The molecular weight excluding hydrogens is 274 g/mol. The van der Waals surface area contributed by atoms with Crippen molar-refractivity contribution in [2.75, 3.05) is 24.7 Å². The minimum Gasteiger partial charge on any atom is -0.388 e. The maximum absolute atomic E-state index is 12.5. The smallest absolute Gasteiger partial charge is 0.242 e. The number of benzene rings is 1. The van der Waals surface area contributed by atoms with Crippen LogP contribution in [0.4, 0.5) is 11.4 Å². The number of fused-ring (bicyclic) bond motifs is 1. The zero-order chi connectivity index (χ0) is 16.1. The van der Waals surface area contributed by atoms with Crippen molar-refractivity contribution in [2.45, 2.75) is 58.0 Å². The minimum atomic E-state index is -0.0592. The lowest BCUT2D eigenvalue weighted by Crippen LogP contribution is -2.50. The van der Waals surface area contributed by atoms with E-state index in [4.69, 9.17) is 0 Å². The van der Waals surface area contributed by atoms with E-state index < -0.39 is 0 Å². The van der Waals surface area contributed by atoms with E-state index in [9.17, 15) is 4.79 Å². The van der Waals surface area contributed by atoms with Gasteiger partial charge in [0, 0.05) is 24.5 Å². The van der Waals surface area contributed by atoms with Crippen molar-refractivity contribution in [1.82, 2.24) is 4.90 Å². The molecule has 122 valence electrons. The molecule has 4 heteroatoms. The number of carbonyl (C=O) groups is 1. The number of amides is 1. The summed E-state index contributed by atoms with van der Waals surface area (Å²) >= 11 is 0. The molecule has 0 aromatic heterocycles. The molecule has 22 heavy (non-hydrogen) atoms. The van der Waals surface area contributed by atoms with Gasteiger partial charge in [0.25, 0.3) is 0 Å². The molecule has 2 N–H and O–H groups in total. The molecule has 1 aromatic rings. The maximum atomic E-state index is 12.5. The van der Waals surface area contributed by atoms with Crippen LogP contribution >= 0.6 is 0 Å². The number of rotatable bonds is 7. The second kappa shape index (κ2) is 7.63. The standard InChI is InChI=1S/C18H29N3O/c1-5-7-15(8-6-2)21(4)17-11-13-9-10-14(19-3)12-16(13)20-18(17)22/h9-10,12,15,17,19H,5-8,11H2,1-4H3,(H,20,22). The Labute approximate surface area is 134 Å². The Morgan fingerprint density at radius 2 is 2.00 bits per heavy atom. The lowest BCUT2D eigenvalue weighted by atomic mass is 9.95. The molecule has 0 saturated carbocycles. The third-order valence-corrected chi connectivity index (χ3v) is 4.68. The first-order valence-corrected chi connectivity index (χ1v) is 8.44. The monoisotopic (exact) mass is 303 g/mol. The van der Waals surface area contributed by atoms with Crippen molar-refractivity contribution in [2.24, 2.45) is 0 Å². The second-order valence-electron chi connectivity index (χ2n) is 6.23. The van der Waals surface area contributed by atoms with E-state index in [0.717, 1.165) is 43.5 Å². The molecule has 2 rings (SSSR count).